The van der Waals surface area contributed by atoms with Gasteiger partial charge in [-0.3, -0.25) is 0 Å². The molecule has 4 nitrogen and oxygen atoms in total. The topological polar surface area (TPSA) is 36.9 Å². The summed E-state index contributed by atoms with van der Waals surface area (Å²) in [6.07, 6.45) is -0.743. The van der Waals surface area contributed by atoms with E-state index in [9.17, 15) is 0 Å². The predicted molar refractivity (Wildman–Crippen MR) is 51.9 cm³/mol. The van der Waals surface area contributed by atoms with Crippen LogP contribution < -0.4 is 0 Å². The molecule has 0 spiro atoms. The third kappa shape index (κ3) is 2.08. The first-order valence-electron chi connectivity index (χ1n) is 4.74. The van der Waals surface area contributed by atoms with Gasteiger partial charge in [-0.15, -0.1) is 0 Å². The second-order valence-electron chi connectivity index (χ2n) is 4.58. The minimum Gasteiger partial charge on any atom is -0.353 e. The third-order valence-corrected chi connectivity index (χ3v) is 2.38. The summed E-state index contributed by atoms with van der Waals surface area (Å²) in [6.45, 7) is 7.68. The van der Waals surface area contributed by atoms with Crippen molar-refractivity contribution in [3.8, 4) is 0 Å². The van der Waals surface area contributed by atoms with Crippen LogP contribution in [0.2, 0.25) is 0 Å². The maximum Gasteiger partial charge on any atom is 0.186 e. The Kier molecular flexibility index (Phi) is 3.21. The van der Waals surface area contributed by atoms with Gasteiger partial charge in [0.2, 0.25) is 0 Å². The van der Waals surface area contributed by atoms with Crippen LogP contribution >= 0.6 is 0 Å². The fraction of sp³-hybridized carbons (Fsp3) is 1.00. The van der Waals surface area contributed by atoms with E-state index in [-0.39, 0.29) is 12.6 Å². The van der Waals surface area contributed by atoms with Crippen molar-refractivity contribution in [3.63, 3.8) is 0 Å². The lowest BCUT2D eigenvalue weighted by atomic mass is 10.0. The molecule has 0 saturated carbocycles. The number of ether oxygens (including phenoxy) is 4. The van der Waals surface area contributed by atoms with E-state index in [1.165, 1.54) is 0 Å². The van der Waals surface area contributed by atoms with E-state index in [1.54, 1.807) is 14.2 Å². The van der Waals surface area contributed by atoms with Crippen LogP contribution in [0.1, 0.15) is 27.7 Å². The van der Waals surface area contributed by atoms with Gasteiger partial charge in [0.05, 0.1) is 0 Å². The highest BCUT2D eigenvalue weighted by molar-refractivity contribution is 4.87. The number of rotatable bonds is 2. The maximum absolute atomic E-state index is 5.77. The Hall–Kier alpha value is -0.160. The van der Waals surface area contributed by atoms with Crippen molar-refractivity contribution < 1.29 is 18.9 Å². The molecule has 1 saturated heterocycles. The van der Waals surface area contributed by atoms with Crippen molar-refractivity contribution in [3.05, 3.63) is 0 Å². The summed E-state index contributed by atoms with van der Waals surface area (Å²) < 4.78 is 22.0. The van der Waals surface area contributed by atoms with Crippen LogP contribution in [0.4, 0.5) is 0 Å². The molecule has 1 heterocycles. The third-order valence-electron chi connectivity index (χ3n) is 2.38. The first kappa shape index (κ1) is 11.9. The van der Waals surface area contributed by atoms with E-state index in [0.717, 1.165) is 0 Å². The first-order chi connectivity index (χ1) is 6.33. The van der Waals surface area contributed by atoms with E-state index in [1.807, 2.05) is 27.7 Å². The van der Waals surface area contributed by atoms with Crippen LogP contribution in [0, 0.1) is 0 Å². The molecule has 1 aliphatic heterocycles. The van der Waals surface area contributed by atoms with Crippen LogP contribution in [-0.2, 0) is 18.9 Å². The summed E-state index contributed by atoms with van der Waals surface area (Å²) in [5, 5.41) is 0. The Morgan fingerprint density at radius 2 is 1.07 bits per heavy atom. The summed E-state index contributed by atoms with van der Waals surface area (Å²) in [5.74, 6) is 0. The molecule has 0 aliphatic carbocycles. The van der Waals surface area contributed by atoms with E-state index in [2.05, 4.69) is 0 Å². The van der Waals surface area contributed by atoms with Crippen molar-refractivity contribution in [1.82, 2.24) is 0 Å². The van der Waals surface area contributed by atoms with Crippen molar-refractivity contribution >= 4 is 0 Å². The van der Waals surface area contributed by atoms with Gasteiger partial charge in [-0.1, -0.05) is 0 Å². The molecule has 14 heavy (non-hydrogen) atoms. The summed E-state index contributed by atoms with van der Waals surface area (Å²) >= 11 is 0. The zero-order valence-electron chi connectivity index (χ0n) is 9.79. The molecule has 0 radical (unpaired) electrons. The second kappa shape index (κ2) is 3.77. The lowest BCUT2D eigenvalue weighted by Crippen LogP contribution is -2.60. The Balaban J connectivity index is 2.81. The molecule has 0 bridgehead atoms. The molecule has 0 aromatic heterocycles. The van der Waals surface area contributed by atoms with Crippen LogP contribution in [0.25, 0.3) is 0 Å². The Bertz CT molecular complexity index is 178. The van der Waals surface area contributed by atoms with E-state index in [4.69, 9.17) is 18.9 Å². The fourth-order valence-corrected chi connectivity index (χ4v) is 1.61. The van der Waals surface area contributed by atoms with Crippen LogP contribution in [0.5, 0.6) is 0 Å². The number of methoxy groups -OCH3 is 2. The summed E-state index contributed by atoms with van der Waals surface area (Å²) in [7, 11) is 3.22. The van der Waals surface area contributed by atoms with Gasteiger partial charge in [0.15, 0.2) is 12.6 Å². The van der Waals surface area contributed by atoms with Crippen molar-refractivity contribution in [1.29, 1.82) is 0 Å². The zero-order valence-corrected chi connectivity index (χ0v) is 9.79. The Morgan fingerprint density at radius 1 is 0.786 bits per heavy atom. The quantitative estimate of drug-likeness (QED) is 0.683. The average Bonchev–Trinajstić information content (AvgIpc) is 2.08. The average molecular weight is 204 g/mol. The zero-order chi connectivity index (χ0) is 11.0. The lowest BCUT2D eigenvalue weighted by molar-refractivity contribution is -0.395. The van der Waals surface area contributed by atoms with Crippen LogP contribution in [0.3, 0.4) is 0 Å². The van der Waals surface area contributed by atoms with Crippen molar-refractivity contribution in [2.45, 2.75) is 51.5 Å². The molecule has 84 valence electrons. The molecule has 0 N–H and O–H groups in total. The standard InChI is InChI=1S/C10H20O4/c1-9(2)7(11-5)14-10(3,4)8(12-6)13-9/h7-8H,1-6H3. The van der Waals surface area contributed by atoms with Gasteiger partial charge in [-0.05, 0) is 27.7 Å². The van der Waals surface area contributed by atoms with Gasteiger partial charge in [-0.25, -0.2) is 0 Å². The van der Waals surface area contributed by atoms with Crippen molar-refractivity contribution in [2.75, 3.05) is 14.2 Å². The molecule has 0 amide bonds. The van der Waals surface area contributed by atoms with Gasteiger partial charge < -0.3 is 18.9 Å². The van der Waals surface area contributed by atoms with Crippen LogP contribution in [-0.4, -0.2) is 38.0 Å². The molecule has 1 fully saturated rings. The minimum atomic E-state index is -0.495. The molecular formula is C10H20O4. The molecule has 1 aliphatic rings. The normalized spacial score (nSPS) is 35.6. The van der Waals surface area contributed by atoms with Gasteiger partial charge in [0, 0.05) is 14.2 Å². The summed E-state index contributed by atoms with van der Waals surface area (Å²) in [6, 6.07) is 0. The van der Waals surface area contributed by atoms with Gasteiger partial charge in [0.1, 0.15) is 11.2 Å². The summed E-state index contributed by atoms with van der Waals surface area (Å²) in [5.41, 5.74) is -0.990. The smallest absolute Gasteiger partial charge is 0.186 e. The largest absolute Gasteiger partial charge is 0.353 e. The molecule has 2 unspecified atom stereocenters. The van der Waals surface area contributed by atoms with Gasteiger partial charge in [0.25, 0.3) is 0 Å². The highest BCUT2D eigenvalue weighted by Crippen LogP contribution is 2.35. The SMILES string of the molecule is COC1OC(C)(C)C(OC)OC1(C)C. The lowest BCUT2D eigenvalue weighted by Gasteiger charge is -2.48. The highest BCUT2D eigenvalue weighted by Gasteiger charge is 2.48. The predicted octanol–water partition coefficient (Wildman–Crippen LogP) is 1.54. The molecule has 0 aromatic rings. The monoisotopic (exact) mass is 204 g/mol. The molecule has 4 heteroatoms. The summed E-state index contributed by atoms with van der Waals surface area (Å²) in [4.78, 5) is 0. The van der Waals surface area contributed by atoms with Gasteiger partial charge >= 0.3 is 0 Å². The number of hydrogen-bond donors (Lipinski definition) is 0. The molecular weight excluding hydrogens is 184 g/mol. The Morgan fingerprint density at radius 3 is 1.29 bits per heavy atom. The second-order valence-corrected chi connectivity index (χ2v) is 4.58. The fourth-order valence-electron chi connectivity index (χ4n) is 1.61. The minimum absolute atomic E-state index is 0.371. The first-order valence-corrected chi connectivity index (χ1v) is 4.74. The molecule has 2 atom stereocenters. The van der Waals surface area contributed by atoms with E-state index < -0.39 is 11.2 Å². The molecule has 1 rings (SSSR count). The van der Waals surface area contributed by atoms with Crippen LogP contribution in [0.15, 0.2) is 0 Å². The number of hydrogen-bond acceptors (Lipinski definition) is 4. The van der Waals surface area contributed by atoms with Gasteiger partial charge in [-0.2, -0.15) is 0 Å². The highest BCUT2D eigenvalue weighted by atomic mass is 16.8. The Labute approximate surface area is 85.5 Å². The molecule has 0 aromatic carbocycles. The van der Waals surface area contributed by atoms with Crippen molar-refractivity contribution in [2.24, 2.45) is 0 Å². The van der Waals surface area contributed by atoms with E-state index in [0.29, 0.717) is 0 Å². The van der Waals surface area contributed by atoms with E-state index >= 15 is 0 Å². The maximum atomic E-state index is 5.77.